The Hall–Kier alpha value is -3.42. The predicted octanol–water partition coefficient (Wildman–Crippen LogP) is 5.55. The zero-order valence-corrected chi connectivity index (χ0v) is 18.4. The molecule has 3 N–H and O–H groups in total. The molecule has 0 unspecified atom stereocenters. The average molecular weight is 496 g/mol. The maximum atomic E-state index is 13.2. The van der Waals surface area contributed by atoms with Crippen molar-refractivity contribution in [1.82, 2.24) is 10.4 Å². The number of halogens is 2. The summed E-state index contributed by atoms with van der Waals surface area (Å²) in [6, 6.07) is 22.2. The molecule has 4 aromatic rings. The molecule has 0 saturated heterocycles. The van der Waals surface area contributed by atoms with Gasteiger partial charge in [0, 0.05) is 20.4 Å². The Balaban J connectivity index is 1.76. The number of anilines is 1. The lowest BCUT2D eigenvalue weighted by Gasteiger charge is -2.22. The van der Waals surface area contributed by atoms with Gasteiger partial charge in [-0.1, -0.05) is 57.9 Å². The second-order valence-electron chi connectivity index (χ2n) is 6.67. The number of aromatic nitrogens is 1. The average Bonchev–Trinajstić information content (AvgIpc) is 2.77. The van der Waals surface area contributed by atoms with E-state index in [1.54, 1.807) is 36.4 Å². The number of para-hydroxylation sites is 1. The third kappa shape index (κ3) is 4.52. The molecule has 0 saturated carbocycles. The highest BCUT2D eigenvalue weighted by Crippen LogP contribution is 2.26. The fraction of sp³-hybridized carbons (Fsp3) is 0. The second kappa shape index (κ2) is 8.75. The Morgan fingerprint density at radius 1 is 0.968 bits per heavy atom. The third-order valence-electron chi connectivity index (χ3n) is 4.62. The van der Waals surface area contributed by atoms with Crippen LogP contribution in [0.4, 0.5) is 10.5 Å². The van der Waals surface area contributed by atoms with Crippen molar-refractivity contribution in [2.24, 2.45) is 5.73 Å². The van der Waals surface area contributed by atoms with Gasteiger partial charge in [0.2, 0.25) is 0 Å². The van der Waals surface area contributed by atoms with Crippen molar-refractivity contribution in [2.75, 3.05) is 5.01 Å². The van der Waals surface area contributed by atoms with Crippen LogP contribution >= 0.6 is 27.5 Å². The molecule has 0 spiro atoms. The van der Waals surface area contributed by atoms with Gasteiger partial charge in [-0.3, -0.25) is 10.2 Å². The molecular formula is C23H16BrClN4O2. The highest BCUT2D eigenvalue weighted by atomic mass is 79.9. The quantitative estimate of drug-likeness (QED) is 0.365. The Bertz CT molecular complexity index is 1280. The molecule has 1 aromatic heterocycles. The van der Waals surface area contributed by atoms with Crippen LogP contribution in [0.1, 0.15) is 10.4 Å². The first-order valence-corrected chi connectivity index (χ1v) is 10.4. The summed E-state index contributed by atoms with van der Waals surface area (Å²) in [5.41, 5.74) is 11.0. The summed E-state index contributed by atoms with van der Waals surface area (Å²) in [7, 11) is 0. The van der Waals surface area contributed by atoms with E-state index in [2.05, 4.69) is 26.3 Å². The number of urea groups is 1. The molecular weight excluding hydrogens is 480 g/mol. The van der Waals surface area contributed by atoms with Crippen LogP contribution < -0.4 is 16.2 Å². The Kier molecular flexibility index (Phi) is 5.88. The van der Waals surface area contributed by atoms with Gasteiger partial charge in [0.15, 0.2) is 0 Å². The second-order valence-corrected chi connectivity index (χ2v) is 8.02. The van der Waals surface area contributed by atoms with E-state index < -0.39 is 11.9 Å². The molecule has 8 heteroatoms. The Morgan fingerprint density at radius 3 is 2.32 bits per heavy atom. The van der Waals surface area contributed by atoms with Crippen molar-refractivity contribution in [1.29, 1.82) is 0 Å². The van der Waals surface area contributed by atoms with Crippen molar-refractivity contribution >= 4 is 56.1 Å². The molecule has 0 radical (unpaired) electrons. The lowest BCUT2D eigenvalue weighted by molar-refractivity contribution is 0.0952. The minimum absolute atomic E-state index is 0.365. The molecule has 4 rings (SSSR count). The summed E-state index contributed by atoms with van der Waals surface area (Å²) in [6.45, 7) is 0. The Morgan fingerprint density at radius 2 is 1.65 bits per heavy atom. The summed E-state index contributed by atoms with van der Waals surface area (Å²) >= 11 is 9.34. The molecule has 1 heterocycles. The van der Waals surface area contributed by atoms with Crippen LogP contribution in [0.25, 0.3) is 22.2 Å². The number of nitrogens with one attached hydrogen (secondary N) is 1. The number of amides is 3. The fourth-order valence-corrected chi connectivity index (χ4v) is 3.52. The normalized spacial score (nSPS) is 10.6. The first-order chi connectivity index (χ1) is 14.9. The van der Waals surface area contributed by atoms with Crippen molar-refractivity contribution in [3.63, 3.8) is 0 Å². The first-order valence-electron chi connectivity index (χ1n) is 9.24. The number of rotatable bonds is 3. The molecule has 154 valence electrons. The number of nitrogens with zero attached hydrogens (tertiary/aromatic N) is 2. The number of hydrazine groups is 1. The lowest BCUT2D eigenvalue weighted by Crippen LogP contribution is -2.49. The highest BCUT2D eigenvalue weighted by molar-refractivity contribution is 9.10. The van der Waals surface area contributed by atoms with Gasteiger partial charge in [0.25, 0.3) is 5.91 Å². The number of hydrogen-bond donors (Lipinski definition) is 2. The van der Waals surface area contributed by atoms with Gasteiger partial charge >= 0.3 is 6.03 Å². The number of pyridine rings is 1. The van der Waals surface area contributed by atoms with Crippen molar-refractivity contribution in [2.45, 2.75) is 0 Å². The van der Waals surface area contributed by atoms with Gasteiger partial charge in [-0.15, -0.1) is 0 Å². The van der Waals surface area contributed by atoms with Crippen LogP contribution in [0, 0.1) is 0 Å². The van der Waals surface area contributed by atoms with Crippen LogP contribution in [-0.2, 0) is 0 Å². The minimum Gasteiger partial charge on any atom is -0.350 e. The van der Waals surface area contributed by atoms with Crippen LogP contribution in [0.15, 0.2) is 83.3 Å². The number of nitrogens with two attached hydrogens (primary N) is 1. The summed E-state index contributed by atoms with van der Waals surface area (Å²) in [6.07, 6.45) is 0. The fourth-order valence-electron chi connectivity index (χ4n) is 3.13. The van der Waals surface area contributed by atoms with Gasteiger partial charge in [-0.05, 0) is 48.5 Å². The molecule has 0 atom stereocenters. The topological polar surface area (TPSA) is 88.3 Å². The smallest absolute Gasteiger partial charge is 0.338 e. The van der Waals surface area contributed by atoms with E-state index in [0.29, 0.717) is 32.9 Å². The van der Waals surface area contributed by atoms with Crippen molar-refractivity contribution in [3.05, 3.63) is 93.9 Å². The van der Waals surface area contributed by atoms with Crippen molar-refractivity contribution < 1.29 is 9.59 Å². The molecule has 31 heavy (non-hydrogen) atoms. The van der Waals surface area contributed by atoms with E-state index in [1.165, 1.54) is 0 Å². The standard InChI is InChI=1S/C23H16BrClN4O2/c24-15-7-5-14(6-8-15)21-13-19(18-3-1-2-4-20(18)27-21)22(30)28-29(23(26)31)17-11-9-16(25)10-12-17/h1-13H,(H2,26,31)(H,28,30). The van der Waals surface area contributed by atoms with Gasteiger partial charge in [0.05, 0.1) is 22.5 Å². The number of fused-ring (bicyclic) bond motifs is 1. The van der Waals surface area contributed by atoms with E-state index in [-0.39, 0.29) is 0 Å². The van der Waals surface area contributed by atoms with Crippen molar-refractivity contribution in [3.8, 4) is 11.3 Å². The van der Waals surface area contributed by atoms with E-state index in [4.69, 9.17) is 17.3 Å². The van der Waals surface area contributed by atoms with Gasteiger partial charge in [-0.25, -0.2) is 14.8 Å². The van der Waals surface area contributed by atoms with Crippen LogP contribution in [0.3, 0.4) is 0 Å². The number of carbonyl (C=O) groups excluding carboxylic acids is 2. The van der Waals surface area contributed by atoms with Gasteiger partial charge in [0.1, 0.15) is 0 Å². The zero-order chi connectivity index (χ0) is 22.0. The third-order valence-corrected chi connectivity index (χ3v) is 5.40. The van der Waals surface area contributed by atoms with Crippen LogP contribution in [0.2, 0.25) is 5.02 Å². The zero-order valence-electron chi connectivity index (χ0n) is 16.0. The number of benzene rings is 3. The largest absolute Gasteiger partial charge is 0.350 e. The van der Waals surface area contributed by atoms with E-state index in [1.807, 2.05) is 42.5 Å². The van der Waals surface area contributed by atoms with Crippen LogP contribution in [-0.4, -0.2) is 16.9 Å². The maximum Gasteiger partial charge on any atom is 0.338 e. The van der Waals surface area contributed by atoms with E-state index >= 15 is 0 Å². The molecule has 0 fully saturated rings. The highest BCUT2D eigenvalue weighted by Gasteiger charge is 2.20. The summed E-state index contributed by atoms with van der Waals surface area (Å²) in [5, 5.41) is 2.13. The Labute approximate surface area is 191 Å². The molecule has 0 aliphatic rings. The molecule has 0 bridgehead atoms. The van der Waals surface area contributed by atoms with Gasteiger partial charge in [-0.2, -0.15) is 0 Å². The van der Waals surface area contributed by atoms with Gasteiger partial charge < -0.3 is 5.73 Å². The number of carbonyl (C=O) groups is 2. The minimum atomic E-state index is -0.831. The maximum absolute atomic E-state index is 13.2. The monoisotopic (exact) mass is 494 g/mol. The molecule has 3 amide bonds. The summed E-state index contributed by atoms with van der Waals surface area (Å²) < 4.78 is 0.940. The van der Waals surface area contributed by atoms with E-state index in [9.17, 15) is 9.59 Å². The number of hydrogen-bond acceptors (Lipinski definition) is 3. The lowest BCUT2D eigenvalue weighted by atomic mass is 10.0. The molecule has 3 aromatic carbocycles. The molecule has 6 nitrogen and oxygen atoms in total. The van der Waals surface area contributed by atoms with Crippen LogP contribution in [0.5, 0.6) is 0 Å². The summed E-state index contributed by atoms with van der Waals surface area (Å²) in [4.78, 5) is 29.9. The molecule has 0 aliphatic carbocycles. The predicted molar refractivity (Wildman–Crippen MR) is 126 cm³/mol. The first kappa shape index (κ1) is 20.8. The SMILES string of the molecule is NC(=O)N(NC(=O)c1cc(-c2ccc(Br)cc2)nc2ccccc12)c1ccc(Cl)cc1. The summed E-state index contributed by atoms with van der Waals surface area (Å²) in [5.74, 6) is -0.495. The number of primary amides is 1. The van der Waals surface area contributed by atoms with E-state index in [0.717, 1.165) is 15.0 Å². The molecule has 0 aliphatic heterocycles.